The van der Waals surface area contributed by atoms with Gasteiger partial charge in [-0.3, -0.25) is 30.1 Å². The Labute approximate surface area is 202 Å². The lowest BCUT2D eigenvalue weighted by Gasteiger charge is -2.14. The number of amides is 3. The number of carbonyl (C=O) groups excluding carboxylic acids is 3. The first kappa shape index (κ1) is 23.8. The zero-order chi connectivity index (χ0) is 23.3. The summed E-state index contributed by atoms with van der Waals surface area (Å²) in [5.74, 6) is -0.393. The third-order valence-electron chi connectivity index (χ3n) is 4.31. The lowest BCUT2D eigenvalue weighted by atomic mass is 10.2. The molecular formula is C21H18BrN3O5S2. The normalized spacial score (nSPS) is 14.5. The molecule has 2 N–H and O–H groups in total. The van der Waals surface area contributed by atoms with Crippen molar-refractivity contribution in [3.63, 3.8) is 0 Å². The first-order valence-electron chi connectivity index (χ1n) is 9.15. The van der Waals surface area contributed by atoms with Crippen molar-refractivity contribution in [2.75, 3.05) is 20.8 Å². The van der Waals surface area contributed by atoms with Gasteiger partial charge in [-0.2, -0.15) is 0 Å². The number of rotatable bonds is 6. The predicted octanol–water partition coefficient (Wildman–Crippen LogP) is 3.13. The first-order chi connectivity index (χ1) is 15.3. The van der Waals surface area contributed by atoms with Crippen LogP contribution in [0.25, 0.3) is 6.08 Å². The molecule has 1 aliphatic rings. The zero-order valence-electron chi connectivity index (χ0n) is 17.0. The highest BCUT2D eigenvalue weighted by atomic mass is 79.9. The molecule has 2 aromatic carbocycles. The number of methoxy groups -OCH3 is 2. The van der Waals surface area contributed by atoms with Crippen LogP contribution < -0.4 is 20.3 Å². The number of thioether (sulfide) groups is 1. The van der Waals surface area contributed by atoms with Crippen molar-refractivity contribution in [3.05, 3.63) is 63.0 Å². The largest absolute Gasteiger partial charge is 0.493 e. The molecule has 11 heteroatoms. The van der Waals surface area contributed by atoms with Gasteiger partial charge in [0.25, 0.3) is 17.7 Å². The van der Waals surface area contributed by atoms with E-state index in [4.69, 9.17) is 21.7 Å². The topological polar surface area (TPSA) is 97.0 Å². The number of carbonyl (C=O) groups is 3. The second kappa shape index (κ2) is 10.6. The van der Waals surface area contributed by atoms with Gasteiger partial charge in [-0.25, -0.2) is 0 Å². The molecule has 0 spiro atoms. The standard InChI is InChI=1S/C21H18BrN3O5S2/c1-29-15-8-7-12(9-16(15)30-2)10-17-20(28)25(21(31)32-17)11-18(26)23-24-19(27)13-5-3-4-6-14(13)22/h3-10H,11H2,1-2H3,(H,23,26)(H,24,27). The number of halogens is 1. The maximum Gasteiger partial charge on any atom is 0.270 e. The highest BCUT2D eigenvalue weighted by molar-refractivity contribution is 9.10. The van der Waals surface area contributed by atoms with Crippen molar-refractivity contribution in [2.45, 2.75) is 0 Å². The Bertz CT molecular complexity index is 1120. The second-order valence-electron chi connectivity index (χ2n) is 6.36. The van der Waals surface area contributed by atoms with Crippen molar-refractivity contribution < 1.29 is 23.9 Å². The molecule has 1 saturated heterocycles. The Morgan fingerprint density at radius 3 is 2.53 bits per heavy atom. The lowest BCUT2D eigenvalue weighted by molar-refractivity contribution is -0.129. The summed E-state index contributed by atoms with van der Waals surface area (Å²) in [6.45, 7) is -0.329. The first-order valence-corrected chi connectivity index (χ1v) is 11.2. The highest BCUT2D eigenvalue weighted by Crippen LogP contribution is 2.34. The quantitative estimate of drug-likeness (QED) is 0.333. The maximum absolute atomic E-state index is 12.8. The van der Waals surface area contributed by atoms with Crippen LogP contribution in [-0.2, 0) is 9.59 Å². The third kappa shape index (κ3) is 5.47. The fraction of sp³-hybridized carbons (Fsp3) is 0.143. The van der Waals surface area contributed by atoms with E-state index in [1.165, 1.54) is 19.1 Å². The Morgan fingerprint density at radius 2 is 1.84 bits per heavy atom. The Morgan fingerprint density at radius 1 is 1.12 bits per heavy atom. The molecule has 32 heavy (non-hydrogen) atoms. The third-order valence-corrected chi connectivity index (χ3v) is 6.38. The van der Waals surface area contributed by atoms with Crippen molar-refractivity contribution in [3.8, 4) is 11.5 Å². The van der Waals surface area contributed by atoms with E-state index in [1.807, 2.05) is 0 Å². The summed E-state index contributed by atoms with van der Waals surface area (Å²) >= 11 is 9.62. The monoisotopic (exact) mass is 535 g/mol. The summed E-state index contributed by atoms with van der Waals surface area (Å²) in [5.41, 5.74) is 5.69. The van der Waals surface area contributed by atoms with Crippen molar-refractivity contribution in [2.24, 2.45) is 0 Å². The number of ether oxygens (including phenoxy) is 2. The zero-order valence-corrected chi connectivity index (χ0v) is 20.2. The average molecular weight is 536 g/mol. The molecule has 0 radical (unpaired) electrons. The van der Waals surface area contributed by atoms with Gasteiger partial charge in [0, 0.05) is 4.47 Å². The van der Waals surface area contributed by atoms with Crippen LogP contribution in [0.3, 0.4) is 0 Å². The summed E-state index contributed by atoms with van der Waals surface area (Å²) < 4.78 is 11.3. The van der Waals surface area contributed by atoms with E-state index in [-0.39, 0.29) is 10.9 Å². The summed E-state index contributed by atoms with van der Waals surface area (Å²) in [6.07, 6.45) is 1.66. The number of nitrogens with zero attached hydrogens (tertiary/aromatic N) is 1. The van der Waals surface area contributed by atoms with Crippen LogP contribution in [0, 0.1) is 0 Å². The van der Waals surface area contributed by atoms with Crippen LogP contribution in [0.2, 0.25) is 0 Å². The van der Waals surface area contributed by atoms with Gasteiger partial charge in [0.1, 0.15) is 10.9 Å². The number of hydrogen-bond donors (Lipinski definition) is 2. The number of hydrazine groups is 1. The molecule has 8 nitrogen and oxygen atoms in total. The highest BCUT2D eigenvalue weighted by Gasteiger charge is 2.33. The summed E-state index contributed by atoms with van der Waals surface area (Å²) in [5, 5.41) is 0. The minimum Gasteiger partial charge on any atom is -0.493 e. The average Bonchev–Trinajstić information content (AvgIpc) is 3.04. The van der Waals surface area contributed by atoms with Gasteiger partial charge in [0.2, 0.25) is 0 Å². The van der Waals surface area contributed by atoms with Gasteiger partial charge >= 0.3 is 0 Å². The van der Waals surface area contributed by atoms with Crippen LogP contribution in [0.5, 0.6) is 11.5 Å². The van der Waals surface area contributed by atoms with Crippen LogP contribution in [0.1, 0.15) is 15.9 Å². The Kier molecular flexibility index (Phi) is 7.89. The summed E-state index contributed by atoms with van der Waals surface area (Å²) in [4.78, 5) is 38.8. The number of nitrogens with one attached hydrogen (secondary N) is 2. The van der Waals surface area contributed by atoms with E-state index in [2.05, 4.69) is 26.8 Å². The fourth-order valence-electron chi connectivity index (χ4n) is 2.75. The van der Waals surface area contributed by atoms with E-state index in [9.17, 15) is 14.4 Å². The molecule has 0 atom stereocenters. The van der Waals surface area contributed by atoms with Crippen LogP contribution >= 0.6 is 39.9 Å². The van der Waals surface area contributed by atoms with Gasteiger partial charge < -0.3 is 9.47 Å². The maximum atomic E-state index is 12.8. The minimum absolute atomic E-state index is 0.244. The van der Waals surface area contributed by atoms with Crippen LogP contribution in [0.4, 0.5) is 0 Å². The molecule has 1 aliphatic heterocycles. The number of benzene rings is 2. The minimum atomic E-state index is -0.589. The Balaban J connectivity index is 1.63. The van der Waals surface area contributed by atoms with E-state index in [1.54, 1.807) is 48.5 Å². The molecule has 1 fully saturated rings. The molecule has 0 bridgehead atoms. The van der Waals surface area contributed by atoms with Crippen molar-refractivity contribution in [1.82, 2.24) is 15.8 Å². The lowest BCUT2D eigenvalue weighted by Crippen LogP contribution is -2.47. The molecule has 2 aromatic rings. The SMILES string of the molecule is COc1ccc(C=C2SC(=S)N(CC(=O)NNC(=O)c3ccccc3Br)C2=O)cc1OC. The van der Waals surface area contributed by atoms with Gasteiger partial charge in [-0.1, -0.05) is 42.2 Å². The number of hydrogen-bond acceptors (Lipinski definition) is 7. The molecule has 0 aliphatic carbocycles. The Hall–Kier alpha value is -2.89. The smallest absolute Gasteiger partial charge is 0.270 e. The van der Waals surface area contributed by atoms with E-state index < -0.39 is 17.7 Å². The molecule has 0 aromatic heterocycles. The van der Waals surface area contributed by atoms with E-state index in [0.29, 0.717) is 32.0 Å². The molecular weight excluding hydrogens is 518 g/mol. The molecule has 1 heterocycles. The molecule has 0 unspecified atom stereocenters. The van der Waals surface area contributed by atoms with Gasteiger partial charge in [0.15, 0.2) is 11.5 Å². The summed E-state index contributed by atoms with van der Waals surface area (Å²) in [6, 6.07) is 12.0. The van der Waals surface area contributed by atoms with Gasteiger partial charge in [-0.05, 0) is 51.8 Å². The number of thiocarbonyl (C=S) groups is 1. The second-order valence-corrected chi connectivity index (χ2v) is 8.89. The van der Waals surface area contributed by atoms with Gasteiger partial charge in [0.05, 0.1) is 24.7 Å². The van der Waals surface area contributed by atoms with E-state index >= 15 is 0 Å². The molecule has 0 saturated carbocycles. The fourth-order valence-corrected chi connectivity index (χ4v) is 4.47. The van der Waals surface area contributed by atoms with Crippen LogP contribution in [0.15, 0.2) is 51.8 Å². The summed E-state index contributed by atoms with van der Waals surface area (Å²) in [7, 11) is 3.06. The van der Waals surface area contributed by atoms with Crippen molar-refractivity contribution >= 4 is 68.0 Å². The van der Waals surface area contributed by atoms with Crippen molar-refractivity contribution in [1.29, 1.82) is 0 Å². The molecule has 3 amide bonds. The predicted molar refractivity (Wildman–Crippen MR) is 129 cm³/mol. The molecule has 166 valence electrons. The van der Waals surface area contributed by atoms with Crippen LogP contribution in [-0.4, -0.2) is 47.7 Å². The molecule has 3 rings (SSSR count). The van der Waals surface area contributed by atoms with Gasteiger partial charge in [-0.15, -0.1) is 0 Å². The van der Waals surface area contributed by atoms with E-state index in [0.717, 1.165) is 11.8 Å².